The van der Waals surface area contributed by atoms with Crippen molar-refractivity contribution in [3.63, 3.8) is 0 Å². The molecule has 2 aromatic carbocycles. The van der Waals surface area contributed by atoms with Gasteiger partial charge in [0.1, 0.15) is 11.4 Å². The van der Waals surface area contributed by atoms with Crippen molar-refractivity contribution in [3.05, 3.63) is 60.3 Å². The van der Waals surface area contributed by atoms with Gasteiger partial charge < -0.3 is 14.6 Å². The van der Waals surface area contributed by atoms with Crippen LogP contribution in [0.5, 0.6) is 5.75 Å². The third-order valence-electron chi connectivity index (χ3n) is 5.35. The Bertz CT molecular complexity index is 1360. The number of anilines is 1. The second-order valence-corrected chi connectivity index (χ2v) is 8.76. The Labute approximate surface area is 207 Å². The highest BCUT2D eigenvalue weighted by Crippen LogP contribution is 2.33. The number of nitrogens with zero attached hydrogens (tertiary/aromatic N) is 5. The second-order valence-electron chi connectivity index (χ2n) is 7.82. The molecule has 0 saturated heterocycles. The molecule has 4 aromatic rings. The largest absolute Gasteiger partial charge is 0.497 e. The van der Waals surface area contributed by atoms with Gasteiger partial charge in [-0.2, -0.15) is 5.10 Å². The van der Waals surface area contributed by atoms with Gasteiger partial charge in [-0.05, 0) is 50.2 Å². The molecular weight excluding hydrogens is 464 g/mol. The van der Waals surface area contributed by atoms with Gasteiger partial charge in [-0.25, -0.2) is 0 Å². The molecule has 0 radical (unpaired) electrons. The fourth-order valence-electron chi connectivity index (χ4n) is 3.63. The molecule has 0 atom stereocenters. The maximum atomic E-state index is 12.5. The number of hydrogen-bond donors (Lipinski definition) is 1. The maximum absolute atomic E-state index is 12.5. The van der Waals surface area contributed by atoms with Crippen LogP contribution in [0.15, 0.2) is 59.9 Å². The van der Waals surface area contributed by atoms with Gasteiger partial charge >= 0.3 is 0 Å². The summed E-state index contributed by atoms with van der Waals surface area (Å²) in [5.74, 6) is 1.41. The van der Waals surface area contributed by atoms with Crippen molar-refractivity contribution in [2.45, 2.75) is 25.5 Å². The molecule has 9 nitrogen and oxygen atoms in total. The Morgan fingerprint density at radius 2 is 1.89 bits per heavy atom. The lowest BCUT2D eigenvalue weighted by Gasteiger charge is -2.09. The Morgan fingerprint density at radius 1 is 1.11 bits per heavy atom. The number of nitrogens with one attached hydrogen (secondary N) is 1. The normalized spacial score (nSPS) is 10.9. The second kappa shape index (κ2) is 10.6. The maximum Gasteiger partial charge on any atom is 0.234 e. The van der Waals surface area contributed by atoms with Crippen LogP contribution in [0.2, 0.25) is 0 Å². The summed E-state index contributed by atoms with van der Waals surface area (Å²) in [5.41, 5.74) is 3.77. The molecule has 0 aliphatic carbocycles. The molecular formula is C25H26N6O3S. The van der Waals surface area contributed by atoms with E-state index >= 15 is 0 Å². The van der Waals surface area contributed by atoms with E-state index in [0.717, 1.165) is 22.6 Å². The van der Waals surface area contributed by atoms with Crippen molar-refractivity contribution in [1.29, 1.82) is 0 Å². The zero-order valence-corrected chi connectivity index (χ0v) is 20.8. The molecule has 0 spiro atoms. The number of aromatic nitrogens is 5. The van der Waals surface area contributed by atoms with E-state index in [0.29, 0.717) is 28.8 Å². The average Bonchev–Trinajstić information content (AvgIpc) is 3.45. The standard InChI is InChI=1S/C25H26N6O3S/c1-5-31-24(21-14-30(3)29-23(21)18-7-6-8-20(13-18)34-4)27-28-25(31)35-15-22(33)26-19-11-9-17(10-12-19)16(2)32/h6-14H,5,15H2,1-4H3,(H,26,33). The molecule has 0 bridgehead atoms. The topological polar surface area (TPSA) is 104 Å². The smallest absolute Gasteiger partial charge is 0.234 e. The summed E-state index contributed by atoms with van der Waals surface area (Å²) in [6, 6.07) is 14.5. The molecule has 2 aromatic heterocycles. The predicted molar refractivity (Wildman–Crippen MR) is 136 cm³/mol. The van der Waals surface area contributed by atoms with E-state index < -0.39 is 0 Å². The van der Waals surface area contributed by atoms with Gasteiger partial charge in [0.05, 0.1) is 18.4 Å². The highest BCUT2D eigenvalue weighted by Gasteiger charge is 2.21. The zero-order chi connectivity index (χ0) is 24.9. The number of thioether (sulfide) groups is 1. The van der Waals surface area contributed by atoms with Gasteiger partial charge in [0.2, 0.25) is 5.91 Å². The summed E-state index contributed by atoms with van der Waals surface area (Å²) in [7, 11) is 3.50. The van der Waals surface area contributed by atoms with Crippen molar-refractivity contribution >= 4 is 29.1 Å². The number of rotatable bonds is 9. The Hall–Kier alpha value is -3.92. The first kappa shape index (κ1) is 24.2. The number of aryl methyl sites for hydroxylation is 1. The third kappa shape index (κ3) is 5.43. The van der Waals surface area contributed by atoms with E-state index in [1.54, 1.807) is 36.1 Å². The number of Topliss-reactive ketones (excluding diaryl/α,β-unsaturated/α-hetero) is 1. The Morgan fingerprint density at radius 3 is 2.57 bits per heavy atom. The minimum Gasteiger partial charge on any atom is -0.497 e. The van der Waals surface area contributed by atoms with E-state index in [4.69, 9.17) is 4.74 Å². The first-order chi connectivity index (χ1) is 16.9. The molecule has 1 N–H and O–H groups in total. The van der Waals surface area contributed by atoms with Crippen molar-refractivity contribution in [2.24, 2.45) is 7.05 Å². The van der Waals surface area contributed by atoms with Gasteiger partial charge in [-0.1, -0.05) is 23.9 Å². The monoisotopic (exact) mass is 490 g/mol. The molecule has 0 fully saturated rings. The van der Waals surface area contributed by atoms with Gasteiger partial charge in [0, 0.05) is 36.6 Å². The van der Waals surface area contributed by atoms with E-state index in [1.807, 2.05) is 49.0 Å². The molecule has 180 valence electrons. The lowest BCUT2D eigenvalue weighted by atomic mass is 10.1. The summed E-state index contributed by atoms with van der Waals surface area (Å²) in [5, 5.41) is 16.9. The van der Waals surface area contributed by atoms with Crippen LogP contribution in [0.1, 0.15) is 24.2 Å². The average molecular weight is 491 g/mol. The van der Waals surface area contributed by atoms with Crippen molar-refractivity contribution < 1.29 is 14.3 Å². The lowest BCUT2D eigenvalue weighted by molar-refractivity contribution is -0.113. The van der Waals surface area contributed by atoms with Crippen LogP contribution in [0, 0.1) is 0 Å². The van der Waals surface area contributed by atoms with Gasteiger partial charge in [0.15, 0.2) is 16.8 Å². The fraction of sp³-hybridized carbons (Fsp3) is 0.240. The molecule has 0 aliphatic heterocycles. The SMILES string of the molecule is CCn1c(SCC(=O)Nc2ccc(C(C)=O)cc2)nnc1-c1cn(C)nc1-c1cccc(OC)c1. The molecule has 10 heteroatoms. The molecule has 2 heterocycles. The number of amides is 1. The summed E-state index contributed by atoms with van der Waals surface area (Å²) < 4.78 is 9.09. The summed E-state index contributed by atoms with van der Waals surface area (Å²) in [4.78, 5) is 23.9. The number of benzene rings is 2. The van der Waals surface area contributed by atoms with Crippen molar-refractivity contribution in [3.8, 4) is 28.4 Å². The number of carbonyl (C=O) groups is 2. The molecule has 0 aliphatic rings. The molecule has 0 saturated carbocycles. The van der Waals surface area contributed by atoms with Crippen LogP contribution in [-0.4, -0.2) is 49.1 Å². The summed E-state index contributed by atoms with van der Waals surface area (Å²) in [6.07, 6.45) is 1.91. The number of methoxy groups -OCH3 is 1. The van der Waals surface area contributed by atoms with E-state index in [1.165, 1.54) is 18.7 Å². The number of ketones is 1. The summed E-state index contributed by atoms with van der Waals surface area (Å²) in [6.45, 7) is 4.15. The number of hydrogen-bond acceptors (Lipinski definition) is 7. The van der Waals surface area contributed by atoms with Crippen LogP contribution in [0.3, 0.4) is 0 Å². The Kier molecular flexibility index (Phi) is 7.31. The van der Waals surface area contributed by atoms with Crippen LogP contribution in [0.25, 0.3) is 22.6 Å². The van der Waals surface area contributed by atoms with Gasteiger partial charge in [-0.15, -0.1) is 10.2 Å². The van der Waals surface area contributed by atoms with E-state index in [2.05, 4.69) is 20.6 Å². The Balaban J connectivity index is 1.52. The van der Waals surface area contributed by atoms with Crippen LogP contribution in [0.4, 0.5) is 5.69 Å². The highest BCUT2D eigenvalue weighted by molar-refractivity contribution is 7.99. The fourth-order valence-corrected chi connectivity index (χ4v) is 4.43. The van der Waals surface area contributed by atoms with Gasteiger partial charge in [0.25, 0.3) is 0 Å². The first-order valence-electron chi connectivity index (χ1n) is 11.0. The zero-order valence-electron chi connectivity index (χ0n) is 20.0. The third-order valence-corrected chi connectivity index (χ3v) is 6.32. The summed E-state index contributed by atoms with van der Waals surface area (Å²) >= 11 is 1.31. The number of ether oxygens (including phenoxy) is 1. The van der Waals surface area contributed by atoms with Crippen molar-refractivity contribution in [1.82, 2.24) is 24.5 Å². The van der Waals surface area contributed by atoms with E-state index in [-0.39, 0.29) is 17.4 Å². The molecule has 0 unspecified atom stereocenters. The molecule has 1 amide bonds. The lowest BCUT2D eigenvalue weighted by Crippen LogP contribution is -2.14. The quantitative estimate of drug-likeness (QED) is 0.275. The minimum atomic E-state index is -0.170. The first-order valence-corrected chi connectivity index (χ1v) is 12.0. The number of carbonyl (C=O) groups excluding carboxylic acids is 2. The highest BCUT2D eigenvalue weighted by atomic mass is 32.2. The van der Waals surface area contributed by atoms with Gasteiger partial charge in [-0.3, -0.25) is 14.3 Å². The van der Waals surface area contributed by atoms with Crippen LogP contribution >= 0.6 is 11.8 Å². The molecule has 35 heavy (non-hydrogen) atoms. The van der Waals surface area contributed by atoms with Crippen molar-refractivity contribution in [2.75, 3.05) is 18.2 Å². The van der Waals surface area contributed by atoms with E-state index in [9.17, 15) is 9.59 Å². The predicted octanol–water partition coefficient (Wildman–Crippen LogP) is 4.31. The van der Waals surface area contributed by atoms with Crippen LogP contribution < -0.4 is 10.1 Å². The molecule has 4 rings (SSSR count). The van der Waals surface area contributed by atoms with Crippen LogP contribution in [-0.2, 0) is 18.4 Å². The minimum absolute atomic E-state index is 0.0173.